The molecule has 1 N–H and O–H groups in total. The van der Waals surface area contributed by atoms with Gasteiger partial charge in [-0.3, -0.25) is 18.7 Å². The normalized spacial score (nSPS) is 13.5. The van der Waals surface area contributed by atoms with Crippen LogP contribution < -0.4 is 56.5 Å². The van der Waals surface area contributed by atoms with Gasteiger partial charge in [-0.1, -0.05) is 108 Å². The van der Waals surface area contributed by atoms with Crippen molar-refractivity contribution in [2.24, 2.45) is 0 Å². The van der Waals surface area contributed by atoms with E-state index in [0.717, 1.165) is 33.9 Å². The Bertz CT molecular complexity index is 2740. The fourth-order valence-electron chi connectivity index (χ4n) is 6.95. The van der Waals surface area contributed by atoms with Gasteiger partial charge in [-0.15, -0.1) is 20.4 Å². The molecule has 0 unspecified atom stereocenters. The third kappa shape index (κ3) is 10.1. The summed E-state index contributed by atoms with van der Waals surface area (Å²) in [6.45, 7) is 0. The van der Waals surface area contributed by atoms with Crippen molar-refractivity contribution in [1.29, 1.82) is 0 Å². The van der Waals surface area contributed by atoms with Crippen molar-refractivity contribution >= 4 is 106 Å². The molecule has 2 fully saturated rings. The maximum absolute atomic E-state index is 12.7. The standard InChI is InChI=1S/C25H19BrClN3O3S.C17H14BrN3O2S.K/c26-24-28-29-25(34-13-17(31)11-15-7-8-16(23(32)33)12-21(15)27)30(24)22-10-9-18(14-5-6-14)19-3-1-2-4-20(19)22;18-16-19-20-17(24-9-15(22)23)21(16)14-8-7-11(10-5-6-10)12-3-1-2-4-13(12)14;/h1-4,7-10,12,14H,5-6,11,13H2,(H,32,33);1-4,7-8,10H,5-6,9H2,(H,22,23);/q;;+1/p-1. The summed E-state index contributed by atoms with van der Waals surface area (Å²) in [4.78, 5) is 34.5. The van der Waals surface area contributed by atoms with Crippen molar-refractivity contribution in [2.45, 2.75) is 54.3 Å². The molecule has 7 aromatic rings. The zero-order valence-electron chi connectivity index (χ0n) is 31.5. The number of nitrogens with zero attached hydrogens (tertiary/aromatic N) is 6. The van der Waals surface area contributed by atoms with Crippen LogP contribution in [0, 0.1) is 0 Å². The number of thioether (sulfide) groups is 2. The number of carboxylic acid groups (broad SMARTS) is 2. The summed E-state index contributed by atoms with van der Waals surface area (Å²) in [6.07, 6.45) is 5.04. The molecule has 0 saturated heterocycles. The molecule has 0 spiro atoms. The van der Waals surface area contributed by atoms with Crippen molar-refractivity contribution in [2.75, 3.05) is 11.5 Å². The first-order chi connectivity index (χ1) is 28.1. The average molecular weight is 999 g/mol. The van der Waals surface area contributed by atoms with Crippen LogP contribution in [-0.2, 0) is 16.0 Å². The number of halogens is 3. The fourth-order valence-corrected chi connectivity index (χ4v) is 9.78. The molecule has 0 bridgehead atoms. The first-order valence-electron chi connectivity index (χ1n) is 18.3. The van der Waals surface area contributed by atoms with Crippen molar-refractivity contribution in [3.05, 3.63) is 128 Å². The molecule has 0 radical (unpaired) electrons. The second-order valence-electron chi connectivity index (χ2n) is 13.9. The molecule has 59 heavy (non-hydrogen) atoms. The molecule has 9 rings (SSSR count). The van der Waals surface area contributed by atoms with Gasteiger partial charge >= 0.3 is 57.4 Å². The predicted octanol–water partition coefficient (Wildman–Crippen LogP) is 6.22. The number of hydrogen-bond donors (Lipinski definition) is 1. The van der Waals surface area contributed by atoms with E-state index in [-0.39, 0.29) is 85.7 Å². The maximum atomic E-state index is 12.7. The molecule has 294 valence electrons. The van der Waals surface area contributed by atoms with E-state index in [1.807, 2.05) is 21.3 Å². The Morgan fingerprint density at radius 1 is 0.695 bits per heavy atom. The monoisotopic (exact) mass is 996 g/mol. The van der Waals surface area contributed by atoms with Gasteiger partial charge in [0.1, 0.15) is 5.78 Å². The van der Waals surface area contributed by atoms with Gasteiger partial charge in [-0.2, -0.15) is 0 Å². The van der Waals surface area contributed by atoms with E-state index in [9.17, 15) is 19.5 Å². The van der Waals surface area contributed by atoms with Crippen molar-refractivity contribution in [3.8, 4) is 11.4 Å². The Balaban J connectivity index is 0.000000186. The third-order valence-corrected chi connectivity index (χ3v) is 13.2. The summed E-state index contributed by atoms with van der Waals surface area (Å²) in [5.74, 6) is -0.841. The number of carboxylic acids is 2. The number of aromatic carboxylic acids is 1. The van der Waals surface area contributed by atoms with Gasteiger partial charge < -0.3 is 15.0 Å². The van der Waals surface area contributed by atoms with Gasteiger partial charge in [0.15, 0.2) is 10.3 Å². The van der Waals surface area contributed by atoms with Crippen molar-refractivity contribution in [3.63, 3.8) is 0 Å². The molecule has 2 aromatic heterocycles. The minimum absolute atomic E-state index is 0. The second kappa shape index (κ2) is 19.4. The summed E-state index contributed by atoms with van der Waals surface area (Å²) in [7, 11) is 0. The number of benzene rings is 5. The SMILES string of the molecule is O=C(CSc1nnc(Br)n1-c1ccc(C2CC2)c2ccccc12)Cc1ccc(C(=O)[O-])cc1Cl.O=C(O)CSc1nnc(Br)n1-c1ccc(C2CC2)c2ccccc12.[K+]. The number of rotatable bonds is 13. The Morgan fingerprint density at radius 3 is 1.61 bits per heavy atom. The van der Waals surface area contributed by atoms with Gasteiger partial charge in [-0.25, -0.2) is 0 Å². The summed E-state index contributed by atoms with van der Waals surface area (Å²) in [5.41, 5.74) is 5.22. The average Bonchev–Trinajstić information content (AvgIpc) is 4.17. The molecule has 11 nitrogen and oxygen atoms in total. The first kappa shape index (κ1) is 44.2. The van der Waals surface area contributed by atoms with Crippen LogP contribution in [0.1, 0.15) is 64.6 Å². The van der Waals surface area contributed by atoms with E-state index in [1.54, 1.807) is 6.07 Å². The van der Waals surface area contributed by atoms with Crippen molar-refractivity contribution in [1.82, 2.24) is 29.5 Å². The Hall–Kier alpha value is -2.90. The minimum atomic E-state index is -1.31. The van der Waals surface area contributed by atoms with Crippen LogP contribution in [0.5, 0.6) is 0 Å². The summed E-state index contributed by atoms with van der Waals surface area (Å²) in [6, 6.07) is 29.4. The fraction of sp³-hybridized carbons (Fsp3) is 0.214. The van der Waals surface area contributed by atoms with Crippen LogP contribution in [0.25, 0.3) is 32.9 Å². The summed E-state index contributed by atoms with van der Waals surface area (Å²) in [5, 5.41) is 42.6. The van der Waals surface area contributed by atoms with Crippen molar-refractivity contribution < 1.29 is 76.0 Å². The molecule has 5 aromatic carbocycles. The number of aliphatic carboxylic acids is 1. The molecular weight excluding hydrogens is 967 g/mol. The Labute approximate surface area is 411 Å². The topological polar surface area (TPSA) is 156 Å². The van der Waals surface area contributed by atoms with E-state index < -0.39 is 11.9 Å². The predicted molar refractivity (Wildman–Crippen MR) is 231 cm³/mol. The molecule has 17 heteroatoms. The van der Waals surface area contributed by atoms with E-state index >= 15 is 0 Å². The van der Waals surface area contributed by atoms with E-state index in [0.29, 0.717) is 37.2 Å². The van der Waals surface area contributed by atoms with E-state index in [1.165, 1.54) is 71.5 Å². The number of carbonyl (C=O) groups is 3. The van der Waals surface area contributed by atoms with E-state index in [2.05, 4.69) is 113 Å². The summed E-state index contributed by atoms with van der Waals surface area (Å²) >= 11 is 15.6. The molecular formula is C42H32Br2ClKN6O5S2. The van der Waals surface area contributed by atoms with Crippen LogP contribution in [0.4, 0.5) is 0 Å². The Morgan fingerprint density at radius 2 is 1.17 bits per heavy atom. The first-order valence-corrected chi connectivity index (χ1v) is 22.3. The van der Waals surface area contributed by atoms with Gasteiger partial charge in [0.25, 0.3) is 0 Å². The van der Waals surface area contributed by atoms with Gasteiger partial charge in [0.2, 0.25) is 9.47 Å². The number of carbonyl (C=O) groups excluding carboxylic acids is 2. The quantitative estimate of drug-likeness (QED) is 0.103. The Kier molecular flexibility index (Phi) is 14.5. The molecule has 2 aliphatic carbocycles. The number of Topliss-reactive ketones (excluding diaryl/α,β-unsaturated/α-hetero) is 1. The molecule has 2 aliphatic rings. The number of ketones is 1. The van der Waals surface area contributed by atoms with Gasteiger partial charge in [-0.05, 0) is 121 Å². The molecule has 0 amide bonds. The number of fused-ring (bicyclic) bond motifs is 2. The molecule has 2 saturated carbocycles. The smallest absolute Gasteiger partial charge is 0.545 e. The molecule has 0 aliphatic heterocycles. The maximum Gasteiger partial charge on any atom is 1.00 e. The molecule has 0 atom stereocenters. The number of aromatic nitrogens is 6. The zero-order valence-corrected chi connectivity index (χ0v) is 40.2. The molecule has 2 heterocycles. The largest absolute Gasteiger partial charge is 1.00 e. The van der Waals surface area contributed by atoms with Crippen LogP contribution >= 0.6 is 67.0 Å². The second-order valence-corrected chi connectivity index (χ2v) is 17.7. The van der Waals surface area contributed by atoms with Crippen LogP contribution in [0.15, 0.2) is 111 Å². The minimum Gasteiger partial charge on any atom is -0.545 e. The zero-order chi connectivity index (χ0) is 40.5. The van der Waals surface area contributed by atoms with E-state index in [4.69, 9.17) is 16.7 Å². The number of hydrogen-bond acceptors (Lipinski definition) is 10. The third-order valence-electron chi connectivity index (χ3n) is 9.94. The summed E-state index contributed by atoms with van der Waals surface area (Å²) < 4.78 is 4.91. The van der Waals surface area contributed by atoms with Crippen LogP contribution in [0.3, 0.4) is 0 Å². The van der Waals surface area contributed by atoms with Crippen LogP contribution in [0.2, 0.25) is 5.02 Å². The van der Waals surface area contributed by atoms with Crippen LogP contribution in [-0.4, -0.2) is 63.9 Å². The van der Waals surface area contributed by atoms with Gasteiger partial charge in [0.05, 0.1) is 28.8 Å². The van der Waals surface area contributed by atoms with Gasteiger partial charge in [0, 0.05) is 22.2 Å².